The summed E-state index contributed by atoms with van der Waals surface area (Å²) >= 11 is 6.16. The Morgan fingerprint density at radius 1 is 1.17 bits per heavy atom. The van der Waals surface area contributed by atoms with E-state index in [1.165, 1.54) is 19.2 Å². The third-order valence-corrected chi connectivity index (χ3v) is 4.29. The molecule has 7 nitrogen and oxygen atoms in total. The molecule has 1 N–H and O–H groups in total. The van der Waals surface area contributed by atoms with E-state index in [0.29, 0.717) is 23.8 Å². The number of methoxy groups -OCH3 is 1. The Morgan fingerprint density at radius 2 is 2.00 bits per heavy atom. The van der Waals surface area contributed by atoms with Crippen LogP contribution in [0.1, 0.15) is 17.3 Å². The topological polar surface area (TPSA) is 86.8 Å². The summed E-state index contributed by atoms with van der Waals surface area (Å²) in [6.45, 7) is 1.74. The summed E-state index contributed by atoms with van der Waals surface area (Å²) in [5.74, 6) is -0.531. The van der Waals surface area contributed by atoms with Gasteiger partial charge < -0.3 is 19.5 Å². The van der Waals surface area contributed by atoms with Crippen molar-refractivity contribution in [1.82, 2.24) is 4.98 Å². The van der Waals surface area contributed by atoms with Crippen LogP contribution in [-0.2, 0) is 9.53 Å². The van der Waals surface area contributed by atoms with E-state index in [-0.39, 0.29) is 10.6 Å². The van der Waals surface area contributed by atoms with Crippen molar-refractivity contribution in [3.8, 4) is 11.5 Å². The number of nitrogens with one attached hydrogen (secondary N) is 1. The number of pyridine rings is 1. The number of carbonyl (C=O) groups is 2. The van der Waals surface area contributed by atoms with E-state index in [9.17, 15) is 9.59 Å². The SMILES string of the molecule is CCOc1c(Cl)cc(C(=O)OCC(=O)Nc2cccc3ncccc23)cc1OC. The van der Waals surface area contributed by atoms with Crippen LogP contribution in [0.25, 0.3) is 10.9 Å². The fourth-order valence-electron chi connectivity index (χ4n) is 2.74. The highest BCUT2D eigenvalue weighted by molar-refractivity contribution is 6.32. The molecule has 0 saturated heterocycles. The Labute approximate surface area is 172 Å². The maximum atomic E-state index is 12.3. The first kappa shape index (κ1) is 20.4. The first-order chi connectivity index (χ1) is 14.0. The van der Waals surface area contributed by atoms with Crippen LogP contribution in [0.3, 0.4) is 0 Å². The summed E-state index contributed by atoms with van der Waals surface area (Å²) in [6.07, 6.45) is 1.67. The third-order valence-electron chi connectivity index (χ3n) is 4.01. The molecular weight excluding hydrogens is 396 g/mol. The highest BCUT2D eigenvalue weighted by atomic mass is 35.5. The maximum absolute atomic E-state index is 12.3. The summed E-state index contributed by atoms with van der Waals surface area (Å²) in [6, 6.07) is 11.9. The molecule has 0 aliphatic rings. The zero-order valence-electron chi connectivity index (χ0n) is 15.9. The van der Waals surface area contributed by atoms with Gasteiger partial charge in [0.2, 0.25) is 0 Å². The summed E-state index contributed by atoms with van der Waals surface area (Å²) in [5.41, 5.74) is 1.48. The summed E-state index contributed by atoms with van der Waals surface area (Å²) in [7, 11) is 1.44. The first-order valence-electron chi connectivity index (χ1n) is 8.84. The lowest BCUT2D eigenvalue weighted by molar-refractivity contribution is -0.119. The van der Waals surface area contributed by atoms with Gasteiger partial charge in [-0.15, -0.1) is 0 Å². The lowest BCUT2D eigenvalue weighted by Gasteiger charge is -2.13. The van der Waals surface area contributed by atoms with Gasteiger partial charge in [0.05, 0.1) is 35.5 Å². The predicted octanol–water partition coefficient (Wildman–Crippen LogP) is 4.09. The van der Waals surface area contributed by atoms with Crippen LogP contribution < -0.4 is 14.8 Å². The Bertz CT molecular complexity index is 1050. The highest BCUT2D eigenvalue weighted by Gasteiger charge is 2.18. The van der Waals surface area contributed by atoms with E-state index in [2.05, 4.69) is 10.3 Å². The zero-order valence-corrected chi connectivity index (χ0v) is 16.7. The minimum atomic E-state index is -0.706. The molecule has 0 fully saturated rings. The molecule has 1 amide bonds. The minimum absolute atomic E-state index is 0.150. The normalized spacial score (nSPS) is 10.4. The number of nitrogens with zero attached hydrogens (tertiary/aromatic N) is 1. The van der Waals surface area contributed by atoms with Crippen molar-refractivity contribution in [3.63, 3.8) is 0 Å². The van der Waals surface area contributed by atoms with Crippen LogP contribution in [-0.4, -0.2) is 37.2 Å². The van der Waals surface area contributed by atoms with E-state index in [1.54, 1.807) is 24.4 Å². The fraction of sp³-hybridized carbons (Fsp3) is 0.190. The largest absolute Gasteiger partial charge is 0.493 e. The van der Waals surface area contributed by atoms with Crippen LogP contribution in [0.2, 0.25) is 5.02 Å². The van der Waals surface area contributed by atoms with E-state index in [1.807, 2.05) is 19.1 Å². The molecule has 1 heterocycles. The number of amides is 1. The number of hydrogen-bond donors (Lipinski definition) is 1. The molecule has 29 heavy (non-hydrogen) atoms. The number of benzene rings is 2. The van der Waals surface area contributed by atoms with E-state index >= 15 is 0 Å². The molecule has 150 valence electrons. The number of aromatic nitrogens is 1. The van der Waals surface area contributed by atoms with Gasteiger partial charge in [0.1, 0.15) is 0 Å². The number of carbonyl (C=O) groups excluding carboxylic acids is 2. The molecule has 2 aromatic carbocycles. The molecule has 0 atom stereocenters. The number of rotatable bonds is 7. The number of halogens is 1. The molecule has 3 aromatic rings. The predicted molar refractivity (Wildman–Crippen MR) is 110 cm³/mol. The molecule has 0 aliphatic heterocycles. The number of hydrogen-bond acceptors (Lipinski definition) is 6. The average molecular weight is 415 g/mol. The van der Waals surface area contributed by atoms with Gasteiger partial charge in [0, 0.05) is 11.6 Å². The van der Waals surface area contributed by atoms with Crippen molar-refractivity contribution in [2.24, 2.45) is 0 Å². The Hall–Kier alpha value is -3.32. The Kier molecular flexibility index (Phi) is 6.51. The molecule has 0 unspecified atom stereocenters. The molecule has 0 aliphatic carbocycles. The number of ether oxygens (including phenoxy) is 3. The Morgan fingerprint density at radius 3 is 2.76 bits per heavy atom. The lowest BCUT2D eigenvalue weighted by atomic mass is 10.2. The van der Waals surface area contributed by atoms with Gasteiger partial charge in [-0.05, 0) is 43.3 Å². The quantitative estimate of drug-likeness (QED) is 0.586. The molecule has 0 radical (unpaired) electrons. The smallest absolute Gasteiger partial charge is 0.338 e. The van der Waals surface area contributed by atoms with Gasteiger partial charge in [0.15, 0.2) is 18.1 Å². The number of anilines is 1. The van der Waals surface area contributed by atoms with E-state index in [4.69, 9.17) is 25.8 Å². The van der Waals surface area contributed by atoms with Gasteiger partial charge in [-0.1, -0.05) is 17.7 Å². The molecule has 0 saturated carbocycles. The second-order valence-electron chi connectivity index (χ2n) is 5.92. The zero-order chi connectivity index (χ0) is 20.8. The van der Waals surface area contributed by atoms with Crippen molar-refractivity contribution in [3.05, 3.63) is 59.2 Å². The highest BCUT2D eigenvalue weighted by Crippen LogP contribution is 2.36. The van der Waals surface area contributed by atoms with Crippen LogP contribution >= 0.6 is 11.6 Å². The third kappa shape index (κ3) is 4.75. The van der Waals surface area contributed by atoms with Crippen LogP contribution in [0, 0.1) is 0 Å². The second-order valence-corrected chi connectivity index (χ2v) is 6.33. The molecule has 8 heteroatoms. The van der Waals surface area contributed by atoms with Gasteiger partial charge in [0.25, 0.3) is 5.91 Å². The minimum Gasteiger partial charge on any atom is -0.493 e. The molecule has 0 spiro atoms. The molecular formula is C21H19ClN2O5. The molecule has 0 bridgehead atoms. The molecule has 3 rings (SSSR count). The van der Waals surface area contributed by atoms with Gasteiger partial charge >= 0.3 is 5.97 Å². The van der Waals surface area contributed by atoms with E-state index < -0.39 is 18.5 Å². The van der Waals surface area contributed by atoms with Crippen molar-refractivity contribution >= 4 is 40.1 Å². The van der Waals surface area contributed by atoms with Crippen molar-refractivity contribution in [2.75, 3.05) is 25.6 Å². The number of fused-ring (bicyclic) bond motifs is 1. The average Bonchev–Trinajstić information content (AvgIpc) is 2.73. The van der Waals surface area contributed by atoms with Crippen molar-refractivity contribution < 1.29 is 23.8 Å². The van der Waals surface area contributed by atoms with Gasteiger partial charge in [-0.25, -0.2) is 4.79 Å². The van der Waals surface area contributed by atoms with Crippen molar-refractivity contribution in [1.29, 1.82) is 0 Å². The second kappa shape index (κ2) is 9.25. The summed E-state index contributed by atoms with van der Waals surface area (Å²) in [5, 5.41) is 3.73. The number of esters is 1. The van der Waals surface area contributed by atoms with Gasteiger partial charge in [-0.3, -0.25) is 9.78 Å². The van der Waals surface area contributed by atoms with E-state index in [0.717, 1.165) is 10.9 Å². The Balaban J connectivity index is 1.67. The maximum Gasteiger partial charge on any atom is 0.338 e. The monoisotopic (exact) mass is 414 g/mol. The van der Waals surface area contributed by atoms with Gasteiger partial charge in [-0.2, -0.15) is 0 Å². The summed E-state index contributed by atoms with van der Waals surface area (Å²) in [4.78, 5) is 28.8. The van der Waals surface area contributed by atoms with Crippen molar-refractivity contribution in [2.45, 2.75) is 6.92 Å². The van der Waals surface area contributed by atoms with Crippen LogP contribution in [0.4, 0.5) is 5.69 Å². The van der Waals surface area contributed by atoms with Crippen LogP contribution in [0.15, 0.2) is 48.7 Å². The molecule has 1 aromatic heterocycles. The standard InChI is InChI=1S/C21H19ClN2O5/c1-3-28-20-15(22)10-13(11-18(20)27-2)21(26)29-12-19(25)24-17-8-4-7-16-14(17)6-5-9-23-16/h4-11H,3,12H2,1-2H3,(H,24,25). The lowest BCUT2D eigenvalue weighted by Crippen LogP contribution is -2.21. The van der Waals surface area contributed by atoms with Crippen LogP contribution in [0.5, 0.6) is 11.5 Å². The fourth-order valence-corrected chi connectivity index (χ4v) is 3.00. The summed E-state index contributed by atoms with van der Waals surface area (Å²) < 4.78 is 15.7. The first-order valence-corrected chi connectivity index (χ1v) is 9.22.